The largest absolute Gasteiger partial charge is 0.495 e. The second-order valence-corrected chi connectivity index (χ2v) is 5.23. The van der Waals surface area contributed by atoms with E-state index in [1.165, 1.54) is 0 Å². The first-order chi connectivity index (χ1) is 11.2. The summed E-state index contributed by atoms with van der Waals surface area (Å²) in [5, 5.41) is 3.48. The predicted molar refractivity (Wildman–Crippen MR) is 110 cm³/mol. The summed E-state index contributed by atoms with van der Waals surface area (Å²) in [6, 6.07) is 5.31. The molecule has 0 aliphatic carbocycles. The average molecular weight is 472 g/mol. The molecule has 0 saturated heterocycles. The van der Waals surface area contributed by atoms with Crippen molar-refractivity contribution in [2.24, 2.45) is 10.7 Å². The van der Waals surface area contributed by atoms with Gasteiger partial charge in [0.25, 0.3) is 0 Å². The molecule has 0 radical (unpaired) electrons. The number of hydrogen-bond acceptors (Lipinski definition) is 4. The topological polar surface area (TPSA) is 78.1 Å². The molecule has 138 valence electrons. The Balaban J connectivity index is 0.00000529. The van der Waals surface area contributed by atoms with Gasteiger partial charge in [-0.15, -0.1) is 24.0 Å². The minimum Gasteiger partial charge on any atom is -0.495 e. The van der Waals surface area contributed by atoms with Crippen LogP contribution in [-0.4, -0.2) is 46.0 Å². The number of benzene rings is 1. The van der Waals surface area contributed by atoms with Gasteiger partial charge >= 0.3 is 0 Å². The number of nitrogens with two attached hydrogens (primary N) is 1. The quantitative estimate of drug-likeness (QED) is 0.223. The maximum atomic E-state index is 6.04. The Morgan fingerprint density at radius 3 is 2.54 bits per heavy atom. The Morgan fingerprint density at radius 1 is 1.21 bits per heavy atom. The highest BCUT2D eigenvalue weighted by atomic mass is 127. The average Bonchev–Trinajstić information content (AvgIpc) is 2.53. The molecule has 0 saturated carbocycles. The van der Waals surface area contributed by atoms with Crippen LogP contribution in [0.3, 0.4) is 0 Å². The maximum absolute atomic E-state index is 6.04. The highest BCUT2D eigenvalue weighted by Gasteiger charge is 2.02. The van der Waals surface area contributed by atoms with Crippen LogP contribution in [0.4, 0.5) is 5.69 Å². The number of anilines is 1. The number of guanidine groups is 1. The lowest BCUT2D eigenvalue weighted by atomic mass is 10.3. The van der Waals surface area contributed by atoms with Crippen LogP contribution in [0.1, 0.15) is 19.8 Å². The molecule has 0 aromatic heterocycles. The second kappa shape index (κ2) is 14.6. The van der Waals surface area contributed by atoms with Gasteiger partial charge in [-0.2, -0.15) is 0 Å². The molecule has 0 atom stereocenters. The summed E-state index contributed by atoms with van der Waals surface area (Å²) in [5.41, 5.74) is 6.56. The van der Waals surface area contributed by atoms with Crippen molar-refractivity contribution < 1.29 is 14.2 Å². The van der Waals surface area contributed by atoms with Crippen molar-refractivity contribution in [1.82, 2.24) is 0 Å². The van der Waals surface area contributed by atoms with Gasteiger partial charge in [0.2, 0.25) is 0 Å². The van der Waals surface area contributed by atoms with Crippen molar-refractivity contribution in [3.05, 3.63) is 23.2 Å². The summed E-state index contributed by atoms with van der Waals surface area (Å²) >= 11 is 6.04. The molecule has 8 heteroatoms. The van der Waals surface area contributed by atoms with Gasteiger partial charge in [-0.1, -0.05) is 24.9 Å². The first-order valence-electron chi connectivity index (χ1n) is 7.73. The number of hydrogen-bond donors (Lipinski definition) is 2. The highest BCUT2D eigenvalue weighted by Crippen LogP contribution is 2.26. The van der Waals surface area contributed by atoms with Crippen molar-refractivity contribution in [3.8, 4) is 5.75 Å². The molecule has 1 rings (SSSR count). The second-order valence-electron chi connectivity index (χ2n) is 4.82. The Hall–Kier alpha value is -0.770. The first-order valence-corrected chi connectivity index (χ1v) is 8.11. The SMILES string of the molecule is CCCCOCCOCCN=C(N)Nc1ccc(OC)c(Cl)c1.I. The summed E-state index contributed by atoms with van der Waals surface area (Å²) < 4.78 is 15.9. The third kappa shape index (κ3) is 10.2. The van der Waals surface area contributed by atoms with E-state index in [9.17, 15) is 0 Å². The molecule has 0 amide bonds. The van der Waals surface area contributed by atoms with Crippen LogP contribution in [0, 0.1) is 0 Å². The number of ether oxygens (including phenoxy) is 3. The van der Waals surface area contributed by atoms with Crippen molar-refractivity contribution in [2.75, 3.05) is 45.4 Å². The molecule has 6 nitrogen and oxygen atoms in total. The Morgan fingerprint density at radius 2 is 1.92 bits per heavy atom. The van der Waals surface area contributed by atoms with E-state index < -0.39 is 0 Å². The number of nitrogens with one attached hydrogen (secondary N) is 1. The molecular weight excluding hydrogens is 445 g/mol. The number of halogens is 2. The molecule has 1 aromatic carbocycles. The molecule has 24 heavy (non-hydrogen) atoms. The summed E-state index contributed by atoms with van der Waals surface area (Å²) in [6.45, 7) is 5.10. The Bertz CT molecular complexity index is 490. The number of methoxy groups -OCH3 is 1. The first kappa shape index (κ1) is 23.2. The van der Waals surface area contributed by atoms with Gasteiger partial charge in [0.05, 0.1) is 38.5 Å². The van der Waals surface area contributed by atoms with E-state index in [2.05, 4.69) is 17.2 Å². The molecule has 0 spiro atoms. The van der Waals surface area contributed by atoms with Gasteiger partial charge in [-0.3, -0.25) is 4.99 Å². The molecule has 0 aliphatic rings. The minimum atomic E-state index is 0. The number of nitrogens with zero attached hydrogens (tertiary/aromatic N) is 1. The van der Waals surface area contributed by atoms with Crippen molar-refractivity contribution >= 4 is 47.2 Å². The van der Waals surface area contributed by atoms with E-state index in [4.69, 9.17) is 31.5 Å². The Kier molecular flexibility index (Phi) is 14.1. The molecule has 0 aliphatic heterocycles. The molecule has 1 aromatic rings. The van der Waals surface area contributed by atoms with E-state index in [1.807, 2.05) is 6.07 Å². The molecule has 3 N–H and O–H groups in total. The third-order valence-corrected chi connectivity index (χ3v) is 3.25. The predicted octanol–water partition coefficient (Wildman–Crippen LogP) is 3.53. The molecule has 0 bridgehead atoms. The fourth-order valence-corrected chi connectivity index (χ4v) is 1.99. The van der Waals surface area contributed by atoms with Crippen molar-refractivity contribution in [3.63, 3.8) is 0 Å². The Labute approximate surface area is 166 Å². The maximum Gasteiger partial charge on any atom is 0.193 e. The van der Waals surface area contributed by atoms with E-state index in [1.54, 1.807) is 19.2 Å². The zero-order valence-corrected chi connectivity index (χ0v) is 17.3. The summed E-state index contributed by atoms with van der Waals surface area (Å²) in [4.78, 5) is 4.18. The monoisotopic (exact) mass is 471 g/mol. The normalized spacial score (nSPS) is 11.0. The van der Waals surface area contributed by atoms with Crippen LogP contribution >= 0.6 is 35.6 Å². The van der Waals surface area contributed by atoms with Crippen LogP contribution in [0.2, 0.25) is 5.02 Å². The van der Waals surface area contributed by atoms with Gasteiger partial charge in [0.1, 0.15) is 5.75 Å². The van der Waals surface area contributed by atoms with Crippen LogP contribution in [-0.2, 0) is 9.47 Å². The molecule has 0 unspecified atom stereocenters. The highest BCUT2D eigenvalue weighted by molar-refractivity contribution is 14.0. The summed E-state index contributed by atoms with van der Waals surface area (Å²) in [5.74, 6) is 0.927. The standard InChI is InChI=1S/C16H26ClN3O3.HI/c1-3-4-8-22-10-11-23-9-7-19-16(18)20-13-5-6-15(21-2)14(17)12-13;/h5-6,12H,3-4,7-11H2,1-2H3,(H3,18,19,20);1H. The van der Waals surface area contributed by atoms with Gasteiger partial charge in [-0.25, -0.2) is 0 Å². The summed E-state index contributed by atoms with van der Waals surface area (Å²) in [6.07, 6.45) is 2.23. The van der Waals surface area contributed by atoms with Crippen molar-refractivity contribution in [2.45, 2.75) is 19.8 Å². The fraction of sp³-hybridized carbons (Fsp3) is 0.562. The van der Waals surface area contributed by atoms with E-state index in [0.717, 1.165) is 25.1 Å². The van der Waals surface area contributed by atoms with Gasteiger partial charge in [0, 0.05) is 12.3 Å². The van der Waals surface area contributed by atoms with Gasteiger partial charge < -0.3 is 25.3 Å². The van der Waals surface area contributed by atoms with Gasteiger partial charge in [0.15, 0.2) is 5.96 Å². The fourth-order valence-electron chi connectivity index (χ4n) is 1.73. The van der Waals surface area contributed by atoms with E-state index in [0.29, 0.717) is 43.1 Å². The lowest BCUT2D eigenvalue weighted by molar-refractivity contribution is 0.0498. The minimum absolute atomic E-state index is 0. The smallest absolute Gasteiger partial charge is 0.193 e. The van der Waals surface area contributed by atoms with E-state index in [-0.39, 0.29) is 24.0 Å². The lowest BCUT2D eigenvalue weighted by Crippen LogP contribution is -2.23. The lowest BCUT2D eigenvalue weighted by Gasteiger charge is -2.08. The number of rotatable bonds is 11. The summed E-state index contributed by atoms with van der Waals surface area (Å²) in [7, 11) is 1.57. The van der Waals surface area contributed by atoms with Crippen LogP contribution in [0.5, 0.6) is 5.75 Å². The van der Waals surface area contributed by atoms with E-state index >= 15 is 0 Å². The van der Waals surface area contributed by atoms with Crippen LogP contribution in [0.25, 0.3) is 0 Å². The van der Waals surface area contributed by atoms with Gasteiger partial charge in [-0.05, 0) is 24.6 Å². The zero-order valence-electron chi connectivity index (χ0n) is 14.2. The number of unbranched alkanes of at least 4 members (excludes halogenated alkanes) is 1. The molecular formula is C16H27ClIN3O3. The van der Waals surface area contributed by atoms with Crippen molar-refractivity contribution in [1.29, 1.82) is 0 Å². The molecule has 0 heterocycles. The zero-order chi connectivity index (χ0) is 16.9. The third-order valence-electron chi connectivity index (χ3n) is 2.96. The molecule has 0 fully saturated rings. The van der Waals surface area contributed by atoms with Crippen LogP contribution < -0.4 is 15.8 Å². The van der Waals surface area contributed by atoms with Crippen LogP contribution in [0.15, 0.2) is 23.2 Å². The number of aliphatic imine (C=N–C) groups is 1.